The summed E-state index contributed by atoms with van der Waals surface area (Å²) in [7, 11) is 0. The standard InChI is InChI=1S/C21H19N3O2/c22-21(26)13-6-5-12-7-8-16(20(25)17(12)9-13)19-15-4-2-1-3-14(15)18-10-23-11-24(18)19/h1-6,9-11,16,19-20,25H,7-8H2,(H2,22,26)/t16-,19?,20-/m0/s1. The molecule has 1 unspecified atom stereocenters. The van der Waals surface area contributed by atoms with Crippen molar-refractivity contribution < 1.29 is 9.90 Å². The molecule has 0 radical (unpaired) electrons. The number of amides is 1. The van der Waals surface area contributed by atoms with Gasteiger partial charge >= 0.3 is 0 Å². The first-order valence-corrected chi connectivity index (χ1v) is 8.87. The van der Waals surface area contributed by atoms with Crippen LogP contribution in [0.25, 0.3) is 11.3 Å². The molecule has 5 nitrogen and oxygen atoms in total. The van der Waals surface area contributed by atoms with Crippen molar-refractivity contribution in [3.63, 3.8) is 0 Å². The van der Waals surface area contributed by atoms with Crippen LogP contribution in [0.2, 0.25) is 0 Å². The number of hydrogen-bond donors (Lipinski definition) is 2. The van der Waals surface area contributed by atoms with Gasteiger partial charge in [0.15, 0.2) is 0 Å². The second kappa shape index (κ2) is 5.54. The van der Waals surface area contributed by atoms with Gasteiger partial charge in [-0.2, -0.15) is 0 Å². The van der Waals surface area contributed by atoms with Gasteiger partial charge in [-0.05, 0) is 41.7 Å². The predicted molar refractivity (Wildman–Crippen MR) is 97.5 cm³/mol. The molecule has 0 spiro atoms. The molecule has 2 aromatic carbocycles. The number of nitrogens with two attached hydrogens (primary N) is 1. The van der Waals surface area contributed by atoms with Gasteiger partial charge in [0.2, 0.25) is 5.91 Å². The van der Waals surface area contributed by atoms with E-state index in [0.29, 0.717) is 5.56 Å². The first-order valence-electron chi connectivity index (χ1n) is 8.87. The monoisotopic (exact) mass is 345 g/mol. The van der Waals surface area contributed by atoms with Gasteiger partial charge in [0.05, 0.1) is 30.4 Å². The smallest absolute Gasteiger partial charge is 0.248 e. The van der Waals surface area contributed by atoms with E-state index in [9.17, 15) is 9.90 Å². The molecule has 1 aromatic heterocycles. The Bertz CT molecular complexity index is 1020. The van der Waals surface area contributed by atoms with E-state index >= 15 is 0 Å². The van der Waals surface area contributed by atoms with Gasteiger partial charge in [-0.3, -0.25) is 4.79 Å². The van der Waals surface area contributed by atoms with Crippen LogP contribution in [-0.2, 0) is 6.42 Å². The minimum absolute atomic E-state index is 0.0160. The van der Waals surface area contributed by atoms with Crippen molar-refractivity contribution >= 4 is 5.91 Å². The van der Waals surface area contributed by atoms with Crippen LogP contribution >= 0.6 is 0 Å². The number of nitrogens with zero attached hydrogens (tertiary/aromatic N) is 2. The molecular formula is C21H19N3O2. The number of aryl methyl sites for hydroxylation is 1. The summed E-state index contributed by atoms with van der Waals surface area (Å²) in [6.07, 6.45) is 4.83. The Hall–Kier alpha value is -2.92. The second-order valence-electron chi connectivity index (χ2n) is 7.14. The molecule has 0 saturated heterocycles. The number of fused-ring (bicyclic) bond motifs is 4. The van der Waals surface area contributed by atoms with Crippen LogP contribution in [0.5, 0.6) is 0 Å². The normalized spacial score (nSPS) is 23.2. The topological polar surface area (TPSA) is 81.1 Å². The van der Waals surface area contributed by atoms with E-state index in [2.05, 4.69) is 21.7 Å². The van der Waals surface area contributed by atoms with Crippen LogP contribution in [0.15, 0.2) is 55.0 Å². The van der Waals surface area contributed by atoms with Crippen LogP contribution in [0, 0.1) is 5.92 Å². The van der Waals surface area contributed by atoms with Gasteiger partial charge in [-0.25, -0.2) is 4.98 Å². The molecule has 0 saturated carbocycles. The fourth-order valence-electron chi connectivity index (χ4n) is 4.60. The molecule has 3 N–H and O–H groups in total. The third-order valence-electron chi connectivity index (χ3n) is 5.83. The molecule has 0 fully saturated rings. The van der Waals surface area contributed by atoms with Crippen LogP contribution in [-0.4, -0.2) is 20.6 Å². The summed E-state index contributed by atoms with van der Waals surface area (Å²) in [6.45, 7) is 0. The highest BCUT2D eigenvalue weighted by atomic mass is 16.3. The molecule has 26 heavy (non-hydrogen) atoms. The van der Waals surface area contributed by atoms with Crippen molar-refractivity contribution in [2.75, 3.05) is 0 Å². The van der Waals surface area contributed by atoms with Gasteiger partial charge in [0.1, 0.15) is 0 Å². The van der Waals surface area contributed by atoms with Gasteiger partial charge in [0, 0.05) is 17.0 Å². The Balaban J connectivity index is 1.60. The fourth-order valence-corrected chi connectivity index (χ4v) is 4.60. The van der Waals surface area contributed by atoms with E-state index in [-0.39, 0.29) is 12.0 Å². The largest absolute Gasteiger partial charge is 0.388 e. The highest BCUT2D eigenvalue weighted by Crippen LogP contribution is 2.49. The molecule has 5 heteroatoms. The maximum absolute atomic E-state index is 11.6. The first kappa shape index (κ1) is 15.3. The highest BCUT2D eigenvalue weighted by Gasteiger charge is 2.40. The van der Waals surface area contributed by atoms with Crippen LogP contribution in [0.4, 0.5) is 0 Å². The van der Waals surface area contributed by atoms with Gasteiger partial charge in [0.25, 0.3) is 0 Å². The lowest BCUT2D eigenvalue weighted by Crippen LogP contribution is -2.29. The zero-order valence-electron chi connectivity index (χ0n) is 14.2. The number of aromatic nitrogens is 2. The van der Waals surface area contributed by atoms with Gasteiger partial charge in [-0.15, -0.1) is 0 Å². The molecule has 5 rings (SSSR count). The average molecular weight is 345 g/mol. The quantitative estimate of drug-likeness (QED) is 0.749. The summed E-state index contributed by atoms with van der Waals surface area (Å²) < 4.78 is 2.17. The van der Waals surface area contributed by atoms with Crippen molar-refractivity contribution in [2.24, 2.45) is 11.7 Å². The Kier molecular flexibility index (Phi) is 3.27. The van der Waals surface area contributed by atoms with Crippen LogP contribution in [0.1, 0.15) is 45.6 Å². The summed E-state index contributed by atoms with van der Waals surface area (Å²) in [5, 5.41) is 11.2. The number of primary amides is 1. The molecule has 1 amide bonds. The van der Waals surface area contributed by atoms with E-state index in [1.807, 2.05) is 30.7 Å². The number of hydrogen-bond acceptors (Lipinski definition) is 3. The highest BCUT2D eigenvalue weighted by molar-refractivity contribution is 5.93. The summed E-state index contributed by atoms with van der Waals surface area (Å²) in [4.78, 5) is 15.9. The number of carbonyl (C=O) groups excluding carboxylic acids is 1. The lowest BCUT2D eigenvalue weighted by molar-refractivity contribution is 0.0719. The molecule has 130 valence electrons. The van der Waals surface area contributed by atoms with Crippen molar-refractivity contribution in [3.8, 4) is 11.3 Å². The third kappa shape index (κ3) is 2.07. The van der Waals surface area contributed by atoms with E-state index < -0.39 is 12.0 Å². The molecule has 3 aromatic rings. The number of aliphatic hydroxyl groups is 1. The second-order valence-corrected chi connectivity index (χ2v) is 7.14. The van der Waals surface area contributed by atoms with Crippen molar-refractivity contribution in [1.29, 1.82) is 0 Å². The summed E-state index contributed by atoms with van der Waals surface area (Å²) in [5.74, 6) is -0.451. The van der Waals surface area contributed by atoms with E-state index in [4.69, 9.17) is 5.73 Å². The predicted octanol–water partition coefficient (Wildman–Crippen LogP) is 2.85. The SMILES string of the molecule is NC(=O)c1ccc2c(c1)[C@@H](O)[C@H](C1c3ccccc3-c3cncn31)CC2. The zero-order valence-corrected chi connectivity index (χ0v) is 14.2. The molecule has 2 heterocycles. The van der Waals surface area contributed by atoms with Crippen molar-refractivity contribution in [3.05, 3.63) is 77.2 Å². The third-order valence-corrected chi connectivity index (χ3v) is 5.83. The molecule has 1 aliphatic carbocycles. The Morgan fingerprint density at radius 2 is 2.04 bits per heavy atom. The van der Waals surface area contributed by atoms with Crippen molar-refractivity contribution in [2.45, 2.75) is 25.0 Å². The Labute approximate surface area is 151 Å². The number of rotatable bonds is 2. The summed E-state index contributed by atoms with van der Waals surface area (Å²) in [5.41, 5.74) is 11.3. The van der Waals surface area contributed by atoms with Gasteiger partial charge in [-0.1, -0.05) is 30.3 Å². The van der Waals surface area contributed by atoms with E-state index in [1.165, 1.54) is 11.1 Å². The van der Waals surface area contributed by atoms with E-state index in [1.54, 1.807) is 12.1 Å². The van der Waals surface area contributed by atoms with Crippen LogP contribution in [0.3, 0.4) is 0 Å². The van der Waals surface area contributed by atoms with Crippen LogP contribution < -0.4 is 5.73 Å². The first-order chi connectivity index (χ1) is 12.6. The lowest BCUT2D eigenvalue weighted by atomic mass is 9.75. The number of benzene rings is 2. The van der Waals surface area contributed by atoms with Gasteiger partial charge < -0.3 is 15.4 Å². The minimum atomic E-state index is -0.649. The average Bonchev–Trinajstić information content (AvgIpc) is 3.23. The molecule has 2 aliphatic rings. The molecule has 1 aliphatic heterocycles. The lowest BCUT2D eigenvalue weighted by Gasteiger charge is -2.35. The maximum atomic E-state index is 11.6. The summed E-state index contributed by atoms with van der Waals surface area (Å²) >= 11 is 0. The number of carbonyl (C=O) groups is 1. The minimum Gasteiger partial charge on any atom is -0.388 e. The fraction of sp³-hybridized carbons (Fsp3) is 0.238. The zero-order chi connectivity index (χ0) is 17.8. The summed E-state index contributed by atoms with van der Waals surface area (Å²) in [6, 6.07) is 13.8. The molecule has 3 atom stereocenters. The molecule has 0 bridgehead atoms. The molecular weight excluding hydrogens is 326 g/mol. The Morgan fingerprint density at radius 3 is 2.88 bits per heavy atom. The van der Waals surface area contributed by atoms with E-state index in [0.717, 1.165) is 29.7 Å². The maximum Gasteiger partial charge on any atom is 0.248 e. The number of imidazole rings is 1. The Morgan fingerprint density at radius 1 is 1.19 bits per heavy atom. The number of aliphatic hydroxyl groups excluding tert-OH is 1. The van der Waals surface area contributed by atoms with Crippen molar-refractivity contribution in [1.82, 2.24) is 9.55 Å².